The molecule has 0 bridgehead atoms. The summed E-state index contributed by atoms with van der Waals surface area (Å²) in [5, 5.41) is 5.68. The van der Waals surface area contributed by atoms with Gasteiger partial charge in [-0.2, -0.15) is 0 Å². The molecule has 1 atom stereocenters. The number of carbonyl (C=O) groups is 2. The van der Waals surface area contributed by atoms with E-state index in [0.29, 0.717) is 30.0 Å². The third kappa shape index (κ3) is 5.20. The van der Waals surface area contributed by atoms with Crippen LogP contribution < -0.4 is 15.4 Å². The van der Waals surface area contributed by atoms with Gasteiger partial charge in [0.25, 0.3) is 0 Å². The molecule has 1 unspecified atom stereocenters. The Morgan fingerprint density at radius 1 is 1.03 bits per heavy atom. The zero-order valence-electron chi connectivity index (χ0n) is 17.4. The highest BCUT2D eigenvalue weighted by atomic mass is 16.5. The summed E-state index contributed by atoms with van der Waals surface area (Å²) in [6, 6.07) is 16.3. The first-order valence-corrected chi connectivity index (χ1v) is 10.4. The van der Waals surface area contributed by atoms with Gasteiger partial charge >= 0.3 is 12.0 Å². The average Bonchev–Trinajstić information content (AvgIpc) is 2.77. The molecular formula is C24H28N2O4. The molecule has 2 N–H and O–H groups in total. The average molecular weight is 408 g/mol. The monoisotopic (exact) mass is 408 g/mol. The first kappa shape index (κ1) is 21.4. The van der Waals surface area contributed by atoms with Crippen molar-refractivity contribution in [1.29, 1.82) is 0 Å². The van der Waals surface area contributed by atoms with Crippen molar-refractivity contribution < 1.29 is 19.1 Å². The SMILES string of the molecule is CCCCC1=C(C(=O)OCC)C(c2ccccc2OCc2ccccc2)NC(=O)N1. The van der Waals surface area contributed by atoms with E-state index in [4.69, 9.17) is 9.47 Å². The first-order chi connectivity index (χ1) is 14.6. The molecular weight excluding hydrogens is 380 g/mol. The maximum absolute atomic E-state index is 12.8. The number of ether oxygens (including phenoxy) is 2. The van der Waals surface area contributed by atoms with Gasteiger partial charge in [-0.1, -0.05) is 61.9 Å². The summed E-state index contributed by atoms with van der Waals surface area (Å²) >= 11 is 0. The molecule has 1 heterocycles. The minimum Gasteiger partial charge on any atom is -0.489 e. The lowest BCUT2D eigenvalue weighted by atomic mass is 9.93. The molecule has 0 radical (unpaired) electrons. The molecule has 158 valence electrons. The number of hydrogen-bond acceptors (Lipinski definition) is 4. The third-order valence-electron chi connectivity index (χ3n) is 4.90. The van der Waals surface area contributed by atoms with E-state index in [1.54, 1.807) is 6.92 Å². The number of nitrogens with one attached hydrogen (secondary N) is 2. The van der Waals surface area contributed by atoms with E-state index < -0.39 is 12.0 Å². The second-order valence-electron chi connectivity index (χ2n) is 7.06. The van der Waals surface area contributed by atoms with Crippen LogP contribution in [0.25, 0.3) is 0 Å². The Balaban J connectivity index is 1.96. The van der Waals surface area contributed by atoms with E-state index in [-0.39, 0.29) is 12.6 Å². The van der Waals surface area contributed by atoms with Gasteiger partial charge in [-0.3, -0.25) is 0 Å². The Bertz CT molecular complexity index is 908. The molecule has 6 heteroatoms. The van der Waals surface area contributed by atoms with Crippen LogP contribution in [0.3, 0.4) is 0 Å². The van der Waals surface area contributed by atoms with Gasteiger partial charge in [0.15, 0.2) is 0 Å². The molecule has 1 aliphatic rings. The van der Waals surface area contributed by atoms with Gasteiger partial charge in [-0.25, -0.2) is 9.59 Å². The number of carbonyl (C=O) groups excluding carboxylic acids is 2. The number of unbranched alkanes of at least 4 members (excludes halogenated alkanes) is 1. The van der Waals surface area contributed by atoms with Crippen molar-refractivity contribution >= 4 is 12.0 Å². The molecule has 0 spiro atoms. The largest absolute Gasteiger partial charge is 0.489 e. The highest BCUT2D eigenvalue weighted by Gasteiger charge is 2.34. The van der Waals surface area contributed by atoms with Crippen molar-refractivity contribution in [3.63, 3.8) is 0 Å². The second-order valence-corrected chi connectivity index (χ2v) is 7.06. The summed E-state index contributed by atoms with van der Waals surface area (Å²) in [6.07, 6.45) is 2.41. The molecule has 6 nitrogen and oxygen atoms in total. The third-order valence-corrected chi connectivity index (χ3v) is 4.90. The van der Waals surface area contributed by atoms with Gasteiger partial charge in [0.1, 0.15) is 12.4 Å². The van der Waals surface area contributed by atoms with E-state index in [9.17, 15) is 9.59 Å². The second kappa shape index (κ2) is 10.5. The zero-order valence-corrected chi connectivity index (χ0v) is 17.4. The Morgan fingerprint density at radius 2 is 1.77 bits per heavy atom. The van der Waals surface area contributed by atoms with Crippen molar-refractivity contribution in [2.24, 2.45) is 0 Å². The molecule has 0 aromatic heterocycles. The van der Waals surface area contributed by atoms with Gasteiger partial charge in [-0.15, -0.1) is 0 Å². The van der Waals surface area contributed by atoms with Crippen LogP contribution in [0.1, 0.15) is 50.3 Å². The van der Waals surface area contributed by atoms with Crippen LogP contribution in [-0.2, 0) is 16.1 Å². The summed E-state index contributed by atoms with van der Waals surface area (Å²) in [6.45, 7) is 4.48. The van der Waals surface area contributed by atoms with Crippen molar-refractivity contribution in [2.75, 3.05) is 6.61 Å². The van der Waals surface area contributed by atoms with Crippen LogP contribution in [0.4, 0.5) is 4.79 Å². The van der Waals surface area contributed by atoms with Gasteiger partial charge in [-0.05, 0) is 31.4 Å². The fraction of sp³-hybridized carbons (Fsp3) is 0.333. The summed E-state index contributed by atoms with van der Waals surface area (Å²) in [4.78, 5) is 25.2. The van der Waals surface area contributed by atoms with Crippen LogP contribution >= 0.6 is 0 Å². The molecule has 2 aromatic rings. The Labute approximate surface area is 177 Å². The minimum absolute atomic E-state index is 0.260. The standard InChI is InChI=1S/C24H28N2O4/c1-3-5-14-19-21(23(27)29-4-2)22(26-24(28)25-19)18-13-9-10-15-20(18)30-16-17-11-7-6-8-12-17/h6-13,15,22H,3-5,14,16H2,1-2H3,(H2,25,26,28). The smallest absolute Gasteiger partial charge is 0.338 e. The van der Waals surface area contributed by atoms with Gasteiger partial charge in [0.2, 0.25) is 0 Å². The molecule has 2 aromatic carbocycles. The van der Waals surface area contributed by atoms with Gasteiger partial charge < -0.3 is 20.1 Å². The highest BCUT2D eigenvalue weighted by Crippen LogP contribution is 2.35. The maximum Gasteiger partial charge on any atom is 0.338 e. The quantitative estimate of drug-likeness (QED) is 0.593. The lowest BCUT2D eigenvalue weighted by Crippen LogP contribution is -2.46. The van der Waals surface area contributed by atoms with Crippen molar-refractivity contribution in [2.45, 2.75) is 45.8 Å². The minimum atomic E-state index is -0.642. The molecule has 0 saturated heterocycles. The first-order valence-electron chi connectivity index (χ1n) is 10.4. The van der Waals surface area contributed by atoms with E-state index in [0.717, 1.165) is 24.0 Å². The predicted molar refractivity (Wildman–Crippen MR) is 115 cm³/mol. The number of para-hydroxylation sites is 1. The molecule has 30 heavy (non-hydrogen) atoms. The van der Waals surface area contributed by atoms with Crippen molar-refractivity contribution in [3.05, 3.63) is 77.0 Å². The Kier molecular flexibility index (Phi) is 7.49. The number of amides is 2. The highest BCUT2D eigenvalue weighted by molar-refractivity contribution is 5.95. The number of rotatable bonds is 9. The summed E-state index contributed by atoms with van der Waals surface area (Å²) < 4.78 is 11.4. The van der Waals surface area contributed by atoms with E-state index >= 15 is 0 Å². The maximum atomic E-state index is 12.8. The molecule has 3 rings (SSSR count). The number of hydrogen-bond donors (Lipinski definition) is 2. The van der Waals surface area contributed by atoms with Crippen LogP contribution in [0, 0.1) is 0 Å². The summed E-state index contributed by atoms with van der Waals surface area (Å²) in [7, 11) is 0. The van der Waals surface area contributed by atoms with Gasteiger partial charge in [0.05, 0.1) is 18.2 Å². The number of benzene rings is 2. The van der Waals surface area contributed by atoms with Crippen molar-refractivity contribution in [3.8, 4) is 5.75 Å². The molecule has 0 saturated carbocycles. The van der Waals surface area contributed by atoms with Crippen LogP contribution in [0.5, 0.6) is 5.75 Å². The molecule has 0 fully saturated rings. The van der Waals surface area contributed by atoms with Crippen LogP contribution in [0.2, 0.25) is 0 Å². The molecule has 2 amide bonds. The van der Waals surface area contributed by atoms with E-state index in [1.165, 1.54) is 0 Å². The van der Waals surface area contributed by atoms with Crippen LogP contribution in [0.15, 0.2) is 65.9 Å². The number of esters is 1. The molecule has 0 aliphatic carbocycles. The predicted octanol–water partition coefficient (Wildman–Crippen LogP) is 4.63. The lowest BCUT2D eigenvalue weighted by Gasteiger charge is -2.30. The molecule has 1 aliphatic heterocycles. The van der Waals surface area contributed by atoms with Crippen molar-refractivity contribution in [1.82, 2.24) is 10.6 Å². The zero-order chi connectivity index (χ0) is 21.3. The fourth-order valence-electron chi connectivity index (χ4n) is 3.44. The summed E-state index contributed by atoms with van der Waals surface area (Å²) in [5.74, 6) is 0.184. The van der Waals surface area contributed by atoms with Gasteiger partial charge in [0, 0.05) is 11.3 Å². The fourth-order valence-corrected chi connectivity index (χ4v) is 3.44. The van der Waals surface area contributed by atoms with E-state index in [2.05, 4.69) is 17.6 Å². The Hall–Kier alpha value is -3.28. The topological polar surface area (TPSA) is 76.7 Å². The van der Waals surface area contributed by atoms with Crippen LogP contribution in [-0.4, -0.2) is 18.6 Å². The normalized spacial score (nSPS) is 15.9. The number of urea groups is 1. The Morgan fingerprint density at radius 3 is 2.50 bits per heavy atom. The lowest BCUT2D eigenvalue weighted by molar-refractivity contribution is -0.139. The van der Waals surface area contributed by atoms with E-state index in [1.807, 2.05) is 54.6 Å². The number of allylic oxidation sites excluding steroid dienone is 1. The summed E-state index contributed by atoms with van der Waals surface area (Å²) in [5.41, 5.74) is 2.80.